The number of halogens is 1. The minimum atomic E-state index is -2.92. The second-order valence-corrected chi connectivity index (χ2v) is 19.6. The molecule has 0 radical (unpaired) electrons. The summed E-state index contributed by atoms with van der Waals surface area (Å²) in [4.78, 5) is 26.3. The summed E-state index contributed by atoms with van der Waals surface area (Å²) in [6.45, 7) is 17.4. The third-order valence-corrected chi connectivity index (χ3v) is 17.6. The van der Waals surface area contributed by atoms with Crippen LogP contribution in [0.3, 0.4) is 0 Å². The van der Waals surface area contributed by atoms with Crippen molar-refractivity contribution in [3.63, 3.8) is 0 Å². The van der Waals surface area contributed by atoms with Crippen molar-refractivity contribution in [3.8, 4) is 0 Å². The molecule has 0 aromatic carbocycles. The molecular formula is C22H35ClN4O5Si2. The molecule has 0 N–H and O–H groups in total. The van der Waals surface area contributed by atoms with Gasteiger partial charge in [0.1, 0.15) is 24.1 Å². The Labute approximate surface area is 208 Å². The number of ether oxygens (including phenoxy) is 1. The standard InChI is InChI=1S/C22H35ClN4O5Si2/c1-12(2)33(13(3)4)29-9-16-19(31-34(32-33,14(5)6)15(7)8)18(28)22(30-16)27-11-26-17-20(23)24-10-25-21(17)27/h10-16,19,22H,9H2,1-8H3/t16-,19+,22?/m1/s1. The Balaban J connectivity index is 1.78. The molecule has 2 fully saturated rings. The van der Waals surface area contributed by atoms with Gasteiger partial charge in [0.05, 0.1) is 12.9 Å². The molecule has 3 atom stereocenters. The van der Waals surface area contributed by atoms with E-state index in [2.05, 4.69) is 70.3 Å². The van der Waals surface area contributed by atoms with Crippen LogP contribution in [0.4, 0.5) is 0 Å². The average Bonchev–Trinajstić information content (AvgIpc) is 3.29. The Hall–Kier alpha value is -1.22. The monoisotopic (exact) mass is 526 g/mol. The minimum absolute atomic E-state index is 0.117. The first-order valence-corrected chi connectivity index (χ1v) is 16.3. The molecule has 4 heterocycles. The number of hydrogen-bond donors (Lipinski definition) is 0. The molecule has 0 spiro atoms. The lowest BCUT2D eigenvalue weighted by Gasteiger charge is -2.50. The number of rotatable bonds is 5. The van der Waals surface area contributed by atoms with Gasteiger partial charge in [-0.3, -0.25) is 9.36 Å². The van der Waals surface area contributed by atoms with Crippen molar-refractivity contribution in [2.45, 2.75) is 96.0 Å². The molecule has 12 heteroatoms. The van der Waals surface area contributed by atoms with Gasteiger partial charge in [-0.25, -0.2) is 15.0 Å². The van der Waals surface area contributed by atoms with Gasteiger partial charge in [0, 0.05) is 0 Å². The van der Waals surface area contributed by atoms with Crippen LogP contribution in [0.5, 0.6) is 0 Å². The molecule has 2 aromatic heterocycles. The van der Waals surface area contributed by atoms with Crippen molar-refractivity contribution in [1.82, 2.24) is 19.5 Å². The molecule has 0 amide bonds. The van der Waals surface area contributed by atoms with Crippen LogP contribution in [0, 0.1) is 0 Å². The SMILES string of the molecule is CC(C)[Si]1(C(C)C)OC[C@H]2OC(n3cnc4c(Cl)ncnc43)C(=O)[C@H]2O[Si](C(C)C)(C(C)C)O1. The summed E-state index contributed by atoms with van der Waals surface area (Å²) >= 11 is 6.17. The summed E-state index contributed by atoms with van der Waals surface area (Å²) in [6.07, 6.45) is 0.584. The van der Waals surface area contributed by atoms with Crippen molar-refractivity contribution in [2.75, 3.05) is 6.61 Å². The van der Waals surface area contributed by atoms with Gasteiger partial charge in [0.15, 0.2) is 17.0 Å². The summed E-state index contributed by atoms with van der Waals surface area (Å²) < 4.78 is 28.6. The number of ketones is 1. The summed E-state index contributed by atoms with van der Waals surface area (Å²) in [6, 6.07) is 0. The highest BCUT2D eigenvalue weighted by molar-refractivity contribution is 6.84. The molecule has 0 bridgehead atoms. The van der Waals surface area contributed by atoms with Gasteiger partial charge in [-0.05, 0) is 22.2 Å². The lowest BCUT2D eigenvalue weighted by molar-refractivity contribution is -0.130. The Kier molecular flexibility index (Phi) is 7.11. The van der Waals surface area contributed by atoms with Gasteiger partial charge in [0.2, 0.25) is 5.78 Å². The number of fused-ring (bicyclic) bond motifs is 2. The number of hydrogen-bond acceptors (Lipinski definition) is 8. The predicted molar refractivity (Wildman–Crippen MR) is 133 cm³/mol. The van der Waals surface area contributed by atoms with E-state index in [0.29, 0.717) is 11.2 Å². The number of carbonyl (C=O) groups excluding carboxylic acids is 1. The van der Waals surface area contributed by atoms with Crippen LogP contribution in [0.2, 0.25) is 27.3 Å². The number of carbonyl (C=O) groups is 1. The smallest absolute Gasteiger partial charge is 0.335 e. The Morgan fingerprint density at radius 1 is 0.971 bits per heavy atom. The van der Waals surface area contributed by atoms with E-state index in [9.17, 15) is 4.79 Å². The van der Waals surface area contributed by atoms with Crippen LogP contribution in [-0.2, 0) is 22.5 Å². The number of imidazole rings is 1. The van der Waals surface area contributed by atoms with E-state index < -0.39 is 35.6 Å². The Morgan fingerprint density at radius 3 is 2.18 bits per heavy atom. The first-order valence-electron chi connectivity index (χ1n) is 12.0. The van der Waals surface area contributed by atoms with Crippen LogP contribution in [0.1, 0.15) is 61.6 Å². The molecule has 1 unspecified atom stereocenters. The van der Waals surface area contributed by atoms with Crippen LogP contribution >= 0.6 is 11.6 Å². The molecular weight excluding hydrogens is 492 g/mol. The normalized spacial score (nSPS) is 27.1. The van der Waals surface area contributed by atoms with E-state index in [-0.39, 0.29) is 39.7 Å². The van der Waals surface area contributed by atoms with Crippen molar-refractivity contribution in [1.29, 1.82) is 0 Å². The van der Waals surface area contributed by atoms with Crippen LogP contribution in [0.15, 0.2) is 12.7 Å². The zero-order valence-corrected chi connectivity index (χ0v) is 23.9. The van der Waals surface area contributed by atoms with Crippen molar-refractivity contribution < 1.29 is 22.5 Å². The lowest BCUT2D eigenvalue weighted by Crippen LogP contribution is -2.65. The third-order valence-electron chi connectivity index (χ3n) is 7.05. The molecule has 9 nitrogen and oxygen atoms in total. The molecule has 2 aliphatic heterocycles. The van der Waals surface area contributed by atoms with E-state index in [4.69, 9.17) is 29.3 Å². The molecule has 188 valence electrons. The van der Waals surface area contributed by atoms with E-state index in [1.165, 1.54) is 12.7 Å². The number of Topliss-reactive ketones (excluding diaryl/α,β-unsaturated/α-hetero) is 1. The first kappa shape index (κ1) is 25.9. The van der Waals surface area contributed by atoms with Crippen LogP contribution in [0.25, 0.3) is 11.2 Å². The highest BCUT2D eigenvalue weighted by Gasteiger charge is 2.61. The predicted octanol–water partition coefficient (Wildman–Crippen LogP) is 4.90. The zero-order chi connectivity index (χ0) is 25.0. The Morgan fingerprint density at radius 2 is 1.59 bits per heavy atom. The Bertz CT molecular complexity index is 1050. The fourth-order valence-electron chi connectivity index (χ4n) is 5.21. The first-order chi connectivity index (χ1) is 15.9. The van der Waals surface area contributed by atoms with E-state index >= 15 is 0 Å². The molecule has 0 saturated carbocycles. The molecule has 2 saturated heterocycles. The molecule has 0 aliphatic carbocycles. The minimum Gasteiger partial charge on any atom is -0.414 e. The largest absolute Gasteiger partial charge is 0.414 e. The van der Waals surface area contributed by atoms with Gasteiger partial charge in [-0.1, -0.05) is 67.0 Å². The van der Waals surface area contributed by atoms with Gasteiger partial charge >= 0.3 is 17.1 Å². The summed E-state index contributed by atoms with van der Waals surface area (Å²) in [5.41, 5.74) is 1.51. The average molecular weight is 527 g/mol. The van der Waals surface area contributed by atoms with Crippen LogP contribution < -0.4 is 0 Å². The summed E-state index contributed by atoms with van der Waals surface area (Å²) in [7, 11) is -5.64. The van der Waals surface area contributed by atoms with Crippen molar-refractivity contribution >= 4 is 45.7 Å². The maximum Gasteiger partial charge on any atom is 0.335 e. The maximum atomic E-state index is 13.7. The third kappa shape index (κ3) is 3.98. The van der Waals surface area contributed by atoms with E-state index in [0.717, 1.165) is 0 Å². The molecule has 34 heavy (non-hydrogen) atoms. The topological polar surface area (TPSA) is 97.6 Å². The fourth-order valence-corrected chi connectivity index (χ4v) is 16.5. The molecule has 2 aromatic rings. The van der Waals surface area contributed by atoms with Gasteiger partial charge in [-0.2, -0.15) is 0 Å². The maximum absolute atomic E-state index is 13.7. The fraction of sp³-hybridized carbons (Fsp3) is 0.727. The zero-order valence-electron chi connectivity index (χ0n) is 21.1. The number of nitrogens with zero attached hydrogens (tertiary/aromatic N) is 4. The number of aromatic nitrogens is 4. The second-order valence-electron chi connectivity index (χ2n) is 10.4. The molecule has 4 rings (SSSR count). The van der Waals surface area contributed by atoms with E-state index in [1.807, 2.05) is 0 Å². The van der Waals surface area contributed by atoms with Crippen LogP contribution in [-0.4, -0.2) is 61.2 Å². The highest BCUT2D eigenvalue weighted by Crippen LogP contribution is 2.47. The highest BCUT2D eigenvalue weighted by atomic mass is 35.5. The lowest BCUT2D eigenvalue weighted by atomic mass is 10.1. The van der Waals surface area contributed by atoms with E-state index in [1.54, 1.807) is 4.57 Å². The van der Waals surface area contributed by atoms with Gasteiger partial charge in [-0.15, -0.1) is 0 Å². The summed E-state index contributed by atoms with van der Waals surface area (Å²) in [5.74, 6) is -0.187. The quantitative estimate of drug-likeness (QED) is 0.400. The van der Waals surface area contributed by atoms with Gasteiger partial charge in [0.25, 0.3) is 0 Å². The van der Waals surface area contributed by atoms with Crippen molar-refractivity contribution in [3.05, 3.63) is 17.8 Å². The molecule has 2 aliphatic rings. The summed E-state index contributed by atoms with van der Waals surface area (Å²) in [5, 5.41) is 0.226. The van der Waals surface area contributed by atoms with Crippen molar-refractivity contribution in [2.24, 2.45) is 0 Å². The second kappa shape index (κ2) is 9.34. The van der Waals surface area contributed by atoms with Gasteiger partial charge < -0.3 is 17.7 Å².